The van der Waals surface area contributed by atoms with Gasteiger partial charge >= 0.3 is 0 Å². The number of halogens is 2. The maximum Gasteiger partial charge on any atom is 0.169 e. The van der Waals surface area contributed by atoms with Crippen LogP contribution in [0.15, 0.2) is 18.2 Å². The Morgan fingerprint density at radius 1 is 1.40 bits per heavy atom. The molecular weight excluding hydrogens is 200 g/mol. The third kappa shape index (κ3) is 3.09. The quantitative estimate of drug-likeness (QED) is 0.783. The highest BCUT2D eigenvalue weighted by molar-refractivity contribution is 5.97. The summed E-state index contributed by atoms with van der Waals surface area (Å²) in [6.45, 7) is 3.31. The van der Waals surface area contributed by atoms with Crippen LogP contribution in [0.3, 0.4) is 0 Å². The van der Waals surface area contributed by atoms with Crippen molar-refractivity contribution in [3.8, 4) is 0 Å². The van der Waals surface area contributed by atoms with Crippen molar-refractivity contribution in [3.05, 3.63) is 35.4 Å². The summed E-state index contributed by atoms with van der Waals surface area (Å²) >= 11 is 0. The second kappa shape index (κ2) is 4.06. The summed E-state index contributed by atoms with van der Waals surface area (Å²) in [4.78, 5) is 11.5. The summed E-state index contributed by atoms with van der Waals surface area (Å²) in [6.07, 6.45) is -0.0205. The number of carbonyl (C=O) groups excluding carboxylic acids is 1. The molecule has 0 aliphatic rings. The fourth-order valence-electron chi connectivity index (χ4n) is 1.23. The Bertz CT molecular complexity index is 383. The third-order valence-electron chi connectivity index (χ3n) is 1.87. The van der Waals surface area contributed by atoms with Crippen LogP contribution in [0.25, 0.3) is 0 Å². The number of Topliss-reactive ketones (excluding diaryl/α,β-unsaturated/α-hetero) is 1. The van der Waals surface area contributed by atoms with Gasteiger partial charge in [0, 0.05) is 12.0 Å². The highest BCUT2D eigenvalue weighted by Gasteiger charge is 2.21. The van der Waals surface area contributed by atoms with Crippen LogP contribution < -0.4 is 5.73 Å². The summed E-state index contributed by atoms with van der Waals surface area (Å²) in [5, 5.41) is 0. The SMILES string of the molecule is CC(C)(N)CC(=O)c1cccc(F)c1F. The molecule has 0 aromatic heterocycles. The second-order valence-electron chi connectivity index (χ2n) is 4.19. The molecule has 0 spiro atoms. The van der Waals surface area contributed by atoms with E-state index in [0.29, 0.717) is 0 Å². The van der Waals surface area contributed by atoms with Crippen molar-refractivity contribution in [2.75, 3.05) is 0 Å². The first-order valence-electron chi connectivity index (χ1n) is 4.57. The minimum atomic E-state index is -1.10. The molecule has 0 fully saturated rings. The monoisotopic (exact) mass is 213 g/mol. The van der Waals surface area contributed by atoms with Gasteiger partial charge < -0.3 is 5.73 Å². The van der Waals surface area contributed by atoms with Crippen molar-refractivity contribution >= 4 is 5.78 Å². The van der Waals surface area contributed by atoms with Gasteiger partial charge in [0.05, 0.1) is 5.56 Å². The number of ketones is 1. The lowest BCUT2D eigenvalue weighted by Crippen LogP contribution is -2.34. The first-order valence-corrected chi connectivity index (χ1v) is 4.57. The number of carbonyl (C=O) groups is 1. The predicted octanol–water partition coefficient (Wildman–Crippen LogP) is 2.27. The molecular formula is C11H13F2NO. The van der Waals surface area contributed by atoms with E-state index >= 15 is 0 Å². The van der Waals surface area contributed by atoms with Gasteiger partial charge in [-0.1, -0.05) is 6.07 Å². The smallest absolute Gasteiger partial charge is 0.169 e. The van der Waals surface area contributed by atoms with Gasteiger partial charge in [0.15, 0.2) is 17.4 Å². The van der Waals surface area contributed by atoms with Crippen LogP contribution in [0, 0.1) is 11.6 Å². The maximum atomic E-state index is 13.2. The van der Waals surface area contributed by atoms with Crippen LogP contribution in [-0.2, 0) is 0 Å². The van der Waals surface area contributed by atoms with Gasteiger partial charge in [-0.15, -0.1) is 0 Å². The molecule has 0 bridgehead atoms. The first-order chi connectivity index (χ1) is 6.81. The molecule has 15 heavy (non-hydrogen) atoms. The molecule has 0 radical (unpaired) electrons. The molecule has 0 saturated carbocycles. The minimum absolute atomic E-state index is 0.0205. The molecule has 0 amide bonds. The van der Waals surface area contributed by atoms with E-state index in [2.05, 4.69) is 0 Å². The molecule has 0 aliphatic heterocycles. The van der Waals surface area contributed by atoms with E-state index in [0.717, 1.165) is 6.07 Å². The third-order valence-corrected chi connectivity index (χ3v) is 1.87. The average Bonchev–Trinajstić information content (AvgIpc) is 2.06. The van der Waals surface area contributed by atoms with E-state index in [4.69, 9.17) is 5.73 Å². The van der Waals surface area contributed by atoms with E-state index in [1.807, 2.05) is 0 Å². The van der Waals surface area contributed by atoms with Gasteiger partial charge in [0.25, 0.3) is 0 Å². The Morgan fingerprint density at radius 2 is 2.00 bits per heavy atom. The summed E-state index contributed by atoms with van der Waals surface area (Å²) in [7, 11) is 0. The van der Waals surface area contributed by atoms with E-state index in [9.17, 15) is 13.6 Å². The van der Waals surface area contributed by atoms with Crippen molar-refractivity contribution in [2.45, 2.75) is 25.8 Å². The molecule has 1 rings (SSSR count). The number of nitrogens with two attached hydrogens (primary N) is 1. The van der Waals surface area contributed by atoms with Crippen molar-refractivity contribution in [2.24, 2.45) is 5.73 Å². The molecule has 2 N–H and O–H groups in total. The van der Waals surface area contributed by atoms with Gasteiger partial charge in [-0.05, 0) is 26.0 Å². The molecule has 0 atom stereocenters. The zero-order valence-corrected chi connectivity index (χ0v) is 8.68. The van der Waals surface area contributed by atoms with Crippen molar-refractivity contribution < 1.29 is 13.6 Å². The van der Waals surface area contributed by atoms with E-state index < -0.39 is 23.0 Å². The zero-order chi connectivity index (χ0) is 11.6. The molecule has 1 aromatic rings. The maximum absolute atomic E-state index is 13.2. The normalized spacial score (nSPS) is 11.5. The lowest BCUT2D eigenvalue weighted by molar-refractivity contribution is 0.0955. The second-order valence-corrected chi connectivity index (χ2v) is 4.19. The van der Waals surface area contributed by atoms with E-state index in [1.54, 1.807) is 13.8 Å². The molecule has 0 heterocycles. The Hall–Kier alpha value is -1.29. The van der Waals surface area contributed by atoms with Crippen molar-refractivity contribution in [3.63, 3.8) is 0 Å². The molecule has 0 saturated heterocycles. The topological polar surface area (TPSA) is 43.1 Å². The van der Waals surface area contributed by atoms with E-state index in [1.165, 1.54) is 12.1 Å². The average molecular weight is 213 g/mol. The molecule has 0 aliphatic carbocycles. The number of hydrogen-bond acceptors (Lipinski definition) is 2. The Balaban J connectivity index is 2.97. The summed E-state index contributed by atoms with van der Waals surface area (Å²) in [5.74, 6) is -2.61. The molecule has 4 heteroatoms. The highest BCUT2D eigenvalue weighted by Crippen LogP contribution is 2.16. The van der Waals surface area contributed by atoms with Crippen LogP contribution in [-0.4, -0.2) is 11.3 Å². The van der Waals surface area contributed by atoms with E-state index in [-0.39, 0.29) is 12.0 Å². The van der Waals surface area contributed by atoms with Gasteiger partial charge in [-0.25, -0.2) is 8.78 Å². The molecule has 0 unspecified atom stereocenters. The largest absolute Gasteiger partial charge is 0.325 e. The molecule has 82 valence electrons. The summed E-state index contributed by atoms with van der Waals surface area (Å²) in [5.41, 5.74) is 4.66. The Labute approximate surface area is 87.1 Å². The summed E-state index contributed by atoms with van der Waals surface area (Å²) in [6, 6.07) is 3.53. The number of hydrogen-bond donors (Lipinski definition) is 1. The van der Waals surface area contributed by atoms with Crippen LogP contribution in [0.2, 0.25) is 0 Å². The highest BCUT2D eigenvalue weighted by atomic mass is 19.2. The lowest BCUT2D eigenvalue weighted by Gasteiger charge is -2.17. The zero-order valence-electron chi connectivity index (χ0n) is 8.68. The number of benzene rings is 1. The molecule has 1 aromatic carbocycles. The van der Waals surface area contributed by atoms with Gasteiger partial charge in [0.1, 0.15) is 0 Å². The van der Waals surface area contributed by atoms with Crippen molar-refractivity contribution in [1.82, 2.24) is 0 Å². The fraction of sp³-hybridized carbons (Fsp3) is 0.364. The van der Waals surface area contributed by atoms with Crippen LogP contribution in [0.1, 0.15) is 30.6 Å². The molecule has 2 nitrogen and oxygen atoms in total. The van der Waals surface area contributed by atoms with Crippen LogP contribution in [0.5, 0.6) is 0 Å². The van der Waals surface area contributed by atoms with Gasteiger partial charge in [-0.3, -0.25) is 4.79 Å². The predicted molar refractivity (Wildman–Crippen MR) is 53.6 cm³/mol. The van der Waals surface area contributed by atoms with Crippen LogP contribution in [0.4, 0.5) is 8.78 Å². The van der Waals surface area contributed by atoms with Gasteiger partial charge in [0.2, 0.25) is 0 Å². The Kier molecular flexibility index (Phi) is 3.19. The fourth-order valence-corrected chi connectivity index (χ4v) is 1.23. The van der Waals surface area contributed by atoms with Crippen molar-refractivity contribution in [1.29, 1.82) is 0 Å². The minimum Gasteiger partial charge on any atom is -0.325 e. The Morgan fingerprint density at radius 3 is 2.53 bits per heavy atom. The van der Waals surface area contributed by atoms with Crippen LogP contribution >= 0.6 is 0 Å². The lowest BCUT2D eigenvalue weighted by atomic mass is 9.95. The van der Waals surface area contributed by atoms with Gasteiger partial charge in [-0.2, -0.15) is 0 Å². The number of rotatable bonds is 3. The summed E-state index contributed by atoms with van der Waals surface area (Å²) < 4.78 is 26.0. The standard InChI is InChI=1S/C11H13F2NO/c1-11(2,14)6-9(15)7-4-3-5-8(12)10(7)13/h3-5H,6,14H2,1-2H3. The first kappa shape index (κ1) is 11.8.